The fourth-order valence-electron chi connectivity index (χ4n) is 3.92. The Morgan fingerprint density at radius 2 is 1.87 bits per heavy atom. The molecule has 1 saturated heterocycles. The second-order valence-corrected chi connectivity index (χ2v) is 11.3. The molecule has 158 valence electrons. The molecule has 0 spiro atoms. The molecular formula is C23H25ClN2O2S2. The highest BCUT2D eigenvalue weighted by molar-refractivity contribution is 7.92. The number of anilines is 1. The van der Waals surface area contributed by atoms with E-state index in [1.165, 1.54) is 16.7 Å². The number of benzene rings is 2. The van der Waals surface area contributed by atoms with Crippen LogP contribution < -0.4 is 4.90 Å². The summed E-state index contributed by atoms with van der Waals surface area (Å²) in [6.45, 7) is 5.61. The number of halogens is 1. The van der Waals surface area contributed by atoms with Gasteiger partial charge < -0.3 is 4.90 Å². The van der Waals surface area contributed by atoms with E-state index < -0.39 is 15.1 Å². The molecule has 1 aliphatic rings. The quantitative estimate of drug-likeness (QED) is 0.508. The van der Waals surface area contributed by atoms with E-state index >= 15 is 0 Å². The van der Waals surface area contributed by atoms with Gasteiger partial charge in [-0.25, -0.2) is 13.4 Å². The Bertz CT molecular complexity index is 1150. The van der Waals surface area contributed by atoms with Crippen LogP contribution in [0.15, 0.2) is 52.7 Å². The summed E-state index contributed by atoms with van der Waals surface area (Å²) in [4.78, 5) is 7.28. The third-order valence-electron chi connectivity index (χ3n) is 5.71. The zero-order chi connectivity index (χ0) is 21.3. The summed E-state index contributed by atoms with van der Waals surface area (Å²) in [6.07, 6.45) is 1.99. The van der Waals surface area contributed by atoms with E-state index in [0.29, 0.717) is 31.0 Å². The Morgan fingerprint density at radius 3 is 2.60 bits per heavy atom. The first-order valence-corrected chi connectivity index (χ1v) is 12.9. The minimum Gasteiger partial charge on any atom is -0.348 e. The Hall–Kier alpha value is -1.89. The molecule has 0 bridgehead atoms. The van der Waals surface area contributed by atoms with Crippen LogP contribution in [0.4, 0.5) is 5.13 Å². The topological polar surface area (TPSA) is 50.3 Å². The van der Waals surface area contributed by atoms with E-state index in [9.17, 15) is 8.42 Å². The van der Waals surface area contributed by atoms with Crippen molar-refractivity contribution < 1.29 is 8.42 Å². The number of hydrogen-bond acceptors (Lipinski definition) is 5. The van der Waals surface area contributed by atoms with Gasteiger partial charge in [0.2, 0.25) is 0 Å². The zero-order valence-corrected chi connectivity index (χ0v) is 19.5. The maximum absolute atomic E-state index is 13.0. The van der Waals surface area contributed by atoms with Crippen molar-refractivity contribution in [2.24, 2.45) is 0 Å². The van der Waals surface area contributed by atoms with Crippen molar-refractivity contribution in [3.8, 4) is 0 Å². The highest BCUT2D eigenvalue weighted by atomic mass is 35.5. The van der Waals surface area contributed by atoms with Crippen LogP contribution in [0.1, 0.15) is 35.2 Å². The van der Waals surface area contributed by atoms with Gasteiger partial charge in [0.1, 0.15) is 0 Å². The molecule has 0 radical (unpaired) electrons. The summed E-state index contributed by atoms with van der Waals surface area (Å²) < 4.78 is 26.0. The van der Waals surface area contributed by atoms with Crippen molar-refractivity contribution in [2.45, 2.75) is 43.3 Å². The molecule has 3 aromatic rings. The molecule has 7 heteroatoms. The van der Waals surface area contributed by atoms with E-state index in [1.54, 1.807) is 35.6 Å². The van der Waals surface area contributed by atoms with E-state index in [1.807, 2.05) is 0 Å². The molecule has 1 fully saturated rings. The second-order valence-electron chi connectivity index (χ2n) is 7.89. The molecule has 2 aromatic carbocycles. The normalized spacial score (nSPS) is 15.5. The van der Waals surface area contributed by atoms with Gasteiger partial charge in [0, 0.05) is 24.9 Å². The molecule has 1 aliphatic heterocycles. The van der Waals surface area contributed by atoms with Crippen molar-refractivity contribution >= 4 is 37.9 Å². The first-order valence-electron chi connectivity index (χ1n) is 10.1. The summed E-state index contributed by atoms with van der Waals surface area (Å²) in [5, 5.41) is 2.99. The van der Waals surface area contributed by atoms with Crippen LogP contribution >= 0.6 is 22.9 Å². The summed E-state index contributed by atoms with van der Waals surface area (Å²) in [6, 6.07) is 13.2. The van der Waals surface area contributed by atoms with Crippen LogP contribution in [0.5, 0.6) is 0 Å². The number of aromatic nitrogens is 1. The second kappa shape index (κ2) is 8.69. The standard InChI is InChI=1S/C23H25ClN2O2S2/c1-16-7-8-17(2)18(13-16)14-19-15-29-23(25-19)26-11-9-20(10-12-26)30(27,28)22-6-4-3-5-21(22)24/h3-8,13,15,20H,9-12,14H2,1-2H3. The number of rotatable bonds is 5. The van der Waals surface area contributed by atoms with E-state index in [0.717, 1.165) is 17.2 Å². The van der Waals surface area contributed by atoms with Crippen molar-refractivity contribution in [2.75, 3.05) is 18.0 Å². The first kappa shape index (κ1) is 21.3. The smallest absolute Gasteiger partial charge is 0.185 e. The molecule has 0 aliphatic carbocycles. The van der Waals surface area contributed by atoms with Gasteiger partial charge >= 0.3 is 0 Å². The van der Waals surface area contributed by atoms with Crippen LogP contribution in [0.3, 0.4) is 0 Å². The SMILES string of the molecule is Cc1ccc(C)c(Cc2csc(N3CCC(S(=O)(=O)c4ccccc4Cl)CC3)n2)c1. The largest absolute Gasteiger partial charge is 0.348 e. The third-order valence-corrected chi connectivity index (χ3v) is 9.42. The van der Waals surface area contributed by atoms with Crippen molar-refractivity contribution in [3.63, 3.8) is 0 Å². The molecular weight excluding hydrogens is 436 g/mol. The fraction of sp³-hybridized carbons (Fsp3) is 0.348. The van der Waals surface area contributed by atoms with E-state index in [-0.39, 0.29) is 4.90 Å². The Labute approximate surface area is 187 Å². The molecule has 2 heterocycles. The predicted molar refractivity (Wildman–Crippen MR) is 125 cm³/mol. The molecule has 4 rings (SSSR count). The highest BCUT2D eigenvalue weighted by Gasteiger charge is 2.33. The van der Waals surface area contributed by atoms with Gasteiger partial charge in [-0.05, 0) is 49.9 Å². The van der Waals surface area contributed by atoms with Gasteiger partial charge in [-0.3, -0.25) is 0 Å². The summed E-state index contributed by atoms with van der Waals surface area (Å²) in [7, 11) is -3.42. The third kappa shape index (κ3) is 4.41. The molecule has 0 amide bonds. The van der Waals surface area contributed by atoms with Gasteiger partial charge in [-0.15, -0.1) is 11.3 Å². The molecule has 0 saturated carbocycles. The first-order chi connectivity index (χ1) is 14.3. The summed E-state index contributed by atoms with van der Waals surface area (Å²) in [5.41, 5.74) is 4.90. The number of thiazole rings is 1. The van der Waals surface area contributed by atoms with Crippen LogP contribution in [0.25, 0.3) is 0 Å². The zero-order valence-electron chi connectivity index (χ0n) is 17.1. The number of aryl methyl sites for hydroxylation is 2. The van der Waals surface area contributed by atoms with Crippen molar-refractivity contribution in [1.82, 2.24) is 4.98 Å². The van der Waals surface area contributed by atoms with Gasteiger partial charge in [0.05, 0.1) is 20.9 Å². The minimum absolute atomic E-state index is 0.246. The minimum atomic E-state index is -3.42. The van der Waals surface area contributed by atoms with Crippen LogP contribution in [0.2, 0.25) is 5.02 Å². The van der Waals surface area contributed by atoms with E-state index in [2.05, 4.69) is 42.3 Å². The fourth-order valence-corrected chi connectivity index (χ4v) is 7.06. The number of hydrogen-bond donors (Lipinski definition) is 0. The lowest BCUT2D eigenvalue weighted by molar-refractivity contribution is 0.529. The van der Waals surface area contributed by atoms with Gasteiger partial charge in [-0.1, -0.05) is 47.5 Å². The predicted octanol–water partition coefficient (Wildman–Crippen LogP) is 5.45. The monoisotopic (exact) mass is 460 g/mol. The van der Waals surface area contributed by atoms with Crippen LogP contribution in [-0.2, 0) is 16.3 Å². The molecule has 30 heavy (non-hydrogen) atoms. The van der Waals surface area contributed by atoms with Crippen LogP contribution in [-0.4, -0.2) is 31.7 Å². The van der Waals surface area contributed by atoms with Crippen LogP contribution in [0, 0.1) is 13.8 Å². The number of piperidine rings is 1. The van der Waals surface area contributed by atoms with Gasteiger partial charge in [0.15, 0.2) is 15.0 Å². The Balaban J connectivity index is 1.43. The lowest BCUT2D eigenvalue weighted by Gasteiger charge is -2.31. The molecule has 0 N–H and O–H groups in total. The number of nitrogens with zero attached hydrogens (tertiary/aromatic N) is 2. The molecule has 1 aromatic heterocycles. The average molecular weight is 461 g/mol. The molecule has 0 atom stereocenters. The average Bonchev–Trinajstić information content (AvgIpc) is 3.19. The Kier molecular flexibility index (Phi) is 6.19. The lowest BCUT2D eigenvalue weighted by Crippen LogP contribution is -2.39. The van der Waals surface area contributed by atoms with Crippen molar-refractivity contribution in [1.29, 1.82) is 0 Å². The summed E-state index contributed by atoms with van der Waals surface area (Å²) in [5.74, 6) is 0. The maximum atomic E-state index is 13.0. The lowest BCUT2D eigenvalue weighted by atomic mass is 10.0. The highest BCUT2D eigenvalue weighted by Crippen LogP contribution is 2.32. The Morgan fingerprint density at radius 1 is 1.13 bits per heavy atom. The van der Waals surface area contributed by atoms with Gasteiger partial charge in [0.25, 0.3) is 0 Å². The maximum Gasteiger partial charge on any atom is 0.185 e. The molecule has 4 nitrogen and oxygen atoms in total. The summed E-state index contributed by atoms with van der Waals surface area (Å²) >= 11 is 7.78. The number of sulfone groups is 1. The molecule has 0 unspecified atom stereocenters. The van der Waals surface area contributed by atoms with Gasteiger partial charge in [-0.2, -0.15) is 0 Å². The van der Waals surface area contributed by atoms with E-state index in [4.69, 9.17) is 16.6 Å². The van der Waals surface area contributed by atoms with Crippen molar-refractivity contribution in [3.05, 3.63) is 75.3 Å².